The van der Waals surface area contributed by atoms with Crippen LogP contribution in [-0.4, -0.2) is 0 Å². The Morgan fingerprint density at radius 1 is 1.58 bits per heavy atom. The summed E-state index contributed by atoms with van der Waals surface area (Å²) in [6.07, 6.45) is 1.02. The van der Waals surface area contributed by atoms with E-state index >= 15 is 0 Å². The van der Waals surface area contributed by atoms with E-state index < -0.39 is 0 Å². The van der Waals surface area contributed by atoms with Gasteiger partial charge >= 0.3 is 0 Å². The predicted molar refractivity (Wildman–Crippen MR) is 46.3 cm³/mol. The van der Waals surface area contributed by atoms with Gasteiger partial charge < -0.3 is 5.32 Å². The molecule has 12 heavy (non-hydrogen) atoms. The summed E-state index contributed by atoms with van der Waals surface area (Å²) < 4.78 is 12.8. The third-order valence-corrected chi connectivity index (χ3v) is 2.43. The summed E-state index contributed by atoms with van der Waals surface area (Å²) in [6.45, 7) is 2.99. The molecular weight excluding hydrogens is 153 g/mol. The van der Waals surface area contributed by atoms with E-state index in [1.165, 1.54) is 11.6 Å². The van der Waals surface area contributed by atoms with Crippen LogP contribution in [0.2, 0.25) is 0 Å². The molecule has 0 spiro atoms. The maximum atomic E-state index is 12.8. The van der Waals surface area contributed by atoms with Gasteiger partial charge in [-0.1, -0.05) is 13.0 Å². The van der Waals surface area contributed by atoms with Crippen molar-refractivity contribution in [3.63, 3.8) is 0 Å². The molecule has 1 aromatic rings. The highest BCUT2D eigenvalue weighted by atomic mass is 19.1. The number of rotatable bonds is 1. The molecule has 1 aliphatic rings. The Hall–Kier alpha value is -0.890. The minimum absolute atomic E-state index is 0.129. The molecule has 0 saturated heterocycles. The standard InChI is InChI=1S/C10H12FN/c1-2-10-9-5-8(11)4-3-7(9)6-12-10/h3-5,10,12H,2,6H2,1H3. The van der Waals surface area contributed by atoms with E-state index in [9.17, 15) is 4.39 Å². The molecule has 1 N–H and O–H groups in total. The zero-order valence-corrected chi connectivity index (χ0v) is 7.10. The van der Waals surface area contributed by atoms with Gasteiger partial charge in [-0.3, -0.25) is 0 Å². The van der Waals surface area contributed by atoms with E-state index in [0.29, 0.717) is 6.04 Å². The van der Waals surface area contributed by atoms with Gasteiger partial charge in [-0.15, -0.1) is 0 Å². The number of fused-ring (bicyclic) bond motifs is 1. The van der Waals surface area contributed by atoms with Gasteiger partial charge in [0.05, 0.1) is 0 Å². The molecule has 64 valence electrons. The zero-order valence-electron chi connectivity index (χ0n) is 7.10. The molecule has 0 saturated carbocycles. The summed E-state index contributed by atoms with van der Waals surface area (Å²) in [5.41, 5.74) is 2.38. The van der Waals surface area contributed by atoms with E-state index in [1.807, 2.05) is 6.07 Å². The average Bonchev–Trinajstić information content (AvgIpc) is 2.46. The Balaban J connectivity index is 2.42. The molecule has 0 radical (unpaired) electrons. The second-order valence-electron chi connectivity index (χ2n) is 3.18. The van der Waals surface area contributed by atoms with E-state index in [2.05, 4.69) is 12.2 Å². The fourth-order valence-corrected chi connectivity index (χ4v) is 1.76. The first kappa shape index (κ1) is 7.74. The summed E-state index contributed by atoms with van der Waals surface area (Å²) in [6, 6.07) is 5.39. The smallest absolute Gasteiger partial charge is 0.123 e. The first-order chi connectivity index (χ1) is 5.81. The van der Waals surface area contributed by atoms with Gasteiger partial charge in [0.25, 0.3) is 0 Å². The molecule has 1 atom stereocenters. The summed E-state index contributed by atoms with van der Waals surface area (Å²) >= 11 is 0. The largest absolute Gasteiger partial charge is 0.306 e. The Kier molecular flexibility index (Phi) is 1.85. The van der Waals surface area contributed by atoms with Crippen molar-refractivity contribution < 1.29 is 4.39 Å². The van der Waals surface area contributed by atoms with Crippen molar-refractivity contribution in [2.75, 3.05) is 0 Å². The fraction of sp³-hybridized carbons (Fsp3) is 0.400. The number of hydrogen-bond acceptors (Lipinski definition) is 1. The highest BCUT2D eigenvalue weighted by Crippen LogP contribution is 2.27. The average molecular weight is 165 g/mol. The number of halogens is 1. The van der Waals surface area contributed by atoms with E-state index in [-0.39, 0.29) is 5.82 Å². The lowest BCUT2D eigenvalue weighted by Crippen LogP contribution is -2.10. The SMILES string of the molecule is CCC1NCc2ccc(F)cc21. The third kappa shape index (κ3) is 1.12. The van der Waals surface area contributed by atoms with Gasteiger partial charge in [-0.2, -0.15) is 0 Å². The monoisotopic (exact) mass is 165 g/mol. The highest BCUT2D eigenvalue weighted by molar-refractivity contribution is 5.34. The first-order valence-electron chi connectivity index (χ1n) is 4.33. The quantitative estimate of drug-likeness (QED) is 0.673. The van der Waals surface area contributed by atoms with Crippen LogP contribution in [0.4, 0.5) is 4.39 Å². The minimum atomic E-state index is -0.129. The summed E-state index contributed by atoms with van der Waals surface area (Å²) in [5, 5.41) is 3.33. The summed E-state index contributed by atoms with van der Waals surface area (Å²) in [4.78, 5) is 0. The maximum Gasteiger partial charge on any atom is 0.123 e. The van der Waals surface area contributed by atoms with Gasteiger partial charge in [0.2, 0.25) is 0 Å². The van der Waals surface area contributed by atoms with Gasteiger partial charge in [-0.05, 0) is 29.7 Å². The zero-order chi connectivity index (χ0) is 8.55. The van der Waals surface area contributed by atoms with Crippen LogP contribution in [0.15, 0.2) is 18.2 Å². The molecule has 2 rings (SSSR count). The molecule has 2 heteroatoms. The van der Waals surface area contributed by atoms with Crippen LogP contribution in [-0.2, 0) is 6.54 Å². The van der Waals surface area contributed by atoms with Crippen LogP contribution in [0.25, 0.3) is 0 Å². The summed E-state index contributed by atoms with van der Waals surface area (Å²) in [5.74, 6) is -0.129. The molecule has 0 aromatic heterocycles. The van der Waals surface area contributed by atoms with Crippen LogP contribution < -0.4 is 5.32 Å². The van der Waals surface area contributed by atoms with Crippen LogP contribution in [0, 0.1) is 5.82 Å². The molecule has 1 aliphatic heterocycles. The van der Waals surface area contributed by atoms with Crippen molar-refractivity contribution in [1.29, 1.82) is 0 Å². The number of nitrogens with one attached hydrogen (secondary N) is 1. The molecule has 1 aromatic carbocycles. The number of benzene rings is 1. The van der Waals surface area contributed by atoms with Crippen molar-refractivity contribution >= 4 is 0 Å². The van der Waals surface area contributed by atoms with Gasteiger partial charge in [0.15, 0.2) is 0 Å². The van der Waals surface area contributed by atoms with Crippen LogP contribution in [0.3, 0.4) is 0 Å². The Morgan fingerprint density at radius 2 is 2.42 bits per heavy atom. The molecule has 0 bridgehead atoms. The van der Waals surface area contributed by atoms with Crippen molar-refractivity contribution in [2.45, 2.75) is 25.9 Å². The van der Waals surface area contributed by atoms with E-state index in [4.69, 9.17) is 0 Å². The molecule has 1 nitrogen and oxygen atoms in total. The molecular formula is C10H12FN. The lowest BCUT2D eigenvalue weighted by atomic mass is 10.0. The fourth-order valence-electron chi connectivity index (χ4n) is 1.76. The minimum Gasteiger partial charge on any atom is -0.306 e. The Labute approximate surface area is 71.6 Å². The highest BCUT2D eigenvalue weighted by Gasteiger charge is 2.19. The van der Waals surface area contributed by atoms with Crippen LogP contribution in [0.5, 0.6) is 0 Å². The second-order valence-corrected chi connectivity index (χ2v) is 3.18. The molecule has 0 fully saturated rings. The van der Waals surface area contributed by atoms with Gasteiger partial charge in [0, 0.05) is 12.6 Å². The van der Waals surface area contributed by atoms with Gasteiger partial charge in [0.1, 0.15) is 5.82 Å². The normalized spacial score (nSPS) is 21.0. The Morgan fingerprint density at radius 3 is 3.17 bits per heavy atom. The number of hydrogen-bond donors (Lipinski definition) is 1. The van der Waals surface area contributed by atoms with Gasteiger partial charge in [-0.25, -0.2) is 4.39 Å². The molecule has 0 aliphatic carbocycles. The molecule has 1 unspecified atom stereocenters. The van der Waals surface area contributed by atoms with Crippen molar-refractivity contribution in [2.24, 2.45) is 0 Å². The van der Waals surface area contributed by atoms with Crippen LogP contribution >= 0.6 is 0 Å². The van der Waals surface area contributed by atoms with E-state index in [0.717, 1.165) is 18.5 Å². The topological polar surface area (TPSA) is 12.0 Å². The lowest BCUT2D eigenvalue weighted by molar-refractivity contribution is 0.563. The lowest BCUT2D eigenvalue weighted by Gasteiger charge is -2.07. The van der Waals surface area contributed by atoms with Crippen molar-refractivity contribution in [3.8, 4) is 0 Å². The maximum absolute atomic E-state index is 12.8. The van der Waals surface area contributed by atoms with E-state index in [1.54, 1.807) is 6.07 Å². The predicted octanol–water partition coefficient (Wildman–Crippen LogP) is 2.38. The third-order valence-electron chi connectivity index (χ3n) is 2.43. The van der Waals surface area contributed by atoms with Crippen LogP contribution in [0.1, 0.15) is 30.5 Å². The van der Waals surface area contributed by atoms with Crippen molar-refractivity contribution in [3.05, 3.63) is 35.1 Å². The first-order valence-corrected chi connectivity index (χ1v) is 4.33. The Bertz CT molecular complexity index is 296. The molecule has 1 heterocycles. The second kappa shape index (κ2) is 2.87. The summed E-state index contributed by atoms with van der Waals surface area (Å²) in [7, 11) is 0. The molecule has 0 amide bonds. The van der Waals surface area contributed by atoms with Crippen molar-refractivity contribution in [1.82, 2.24) is 5.32 Å².